The molecule has 0 atom stereocenters. The molecule has 0 radical (unpaired) electrons. The van der Waals surface area contributed by atoms with E-state index in [1.165, 1.54) is 12.1 Å². The van der Waals surface area contributed by atoms with Gasteiger partial charge >= 0.3 is 0 Å². The maximum Gasteiger partial charge on any atom is 0.124 e. The van der Waals surface area contributed by atoms with Gasteiger partial charge in [0.15, 0.2) is 0 Å². The molecule has 0 saturated carbocycles. The number of hydrogen-bond donors (Lipinski definition) is 0. The Morgan fingerprint density at radius 3 is 2.15 bits per heavy atom. The van der Waals surface area contributed by atoms with Crippen LogP contribution in [0.4, 0.5) is 4.39 Å². The second-order valence-corrected chi connectivity index (χ2v) is 3.14. The van der Waals surface area contributed by atoms with Crippen molar-refractivity contribution < 1.29 is 9.13 Å². The average molecular weight is 249 g/mol. The molecule has 1 aromatic carbocycles. The van der Waals surface area contributed by atoms with Gasteiger partial charge in [-0.15, -0.1) is 0 Å². The minimum Gasteiger partial charge on any atom is -0.382 e. The zero-order valence-corrected chi connectivity index (χ0v) is 9.47. The van der Waals surface area contributed by atoms with Crippen molar-refractivity contribution in [3.05, 3.63) is 34.6 Å². The highest BCUT2D eigenvalue weighted by molar-refractivity contribution is 9.10. The molecule has 0 aromatic heterocycles. The molecule has 0 amide bonds. The maximum absolute atomic E-state index is 12.1. The van der Waals surface area contributed by atoms with E-state index >= 15 is 0 Å². The van der Waals surface area contributed by atoms with Gasteiger partial charge in [0.2, 0.25) is 0 Å². The van der Waals surface area contributed by atoms with Gasteiger partial charge in [-0.1, -0.05) is 22.0 Å². The lowest BCUT2D eigenvalue weighted by molar-refractivity contribution is 0.162. The third-order valence-corrected chi connectivity index (χ3v) is 1.69. The van der Waals surface area contributed by atoms with Crippen molar-refractivity contribution in [3.8, 4) is 0 Å². The molecule has 0 aliphatic carbocycles. The van der Waals surface area contributed by atoms with E-state index in [0.29, 0.717) is 0 Å². The van der Waals surface area contributed by atoms with E-state index in [2.05, 4.69) is 15.9 Å². The minimum atomic E-state index is -0.209. The van der Waals surface area contributed by atoms with Crippen LogP contribution in [-0.2, 0) is 4.74 Å². The molecule has 1 nitrogen and oxygen atoms in total. The lowest BCUT2D eigenvalue weighted by Gasteiger charge is -1.86. The smallest absolute Gasteiger partial charge is 0.124 e. The van der Waals surface area contributed by atoms with Crippen molar-refractivity contribution >= 4 is 15.9 Å². The van der Waals surface area contributed by atoms with Gasteiger partial charge in [0, 0.05) is 17.7 Å². The van der Waals surface area contributed by atoms with Gasteiger partial charge < -0.3 is 4.74 Å². The third-order valence-electron chi connectivity index (χ3n) is 1.19. The number of hydrogen-bond acceptors (Lipinski definition) is 1. The summed E-state index contributed by atoms with van der Waals surface area (Å²) in [6.07, 6.45) is 0. The third kappa shape index (κ3) is 7.94. The molecule has 0 N–H and O–H groups in total. The summed E-state index contributed by atoms with van der Waals surface area (Å²) in [5.41, 5.74) is 0. The second-order valence-electron chi connectivity index (χ2n) is 2.22. The predicted molar refractivity (Wildman–Crippen MR) is 56.3 cm³/mol. The molecular weight excluding hydrogens is 235 g/mol. The molecule has 0 aliphatic heterocycles. The lowest BCUT2D eigenvalue weighted by Crippen LogP contribution is -1.84. The molecule has 0 heterocycles. The van der Waals surface area contributed by atoms with Gasteiger partial charge in [-0.25, -0.2) is 4.39 Å². The van der Waals surface area contributed by atoms with Crippen LogP contribution in [0.25, 0.3) is 0 Å². The first kappa shape index (κ1) is 12.6. The Labute approximate surface area is 87.0 Å². The second kappa shape index (κ2) is 8.20. The van der Waals surface area contributed by atoms with Crippen molar-refractivity contribution in [2.24, 2.45) is 0 Å². The zero-order valence-electron chi connectivity index (χ0n) is 7.89. The molecule has 13 heavy (non-hydrogen) atoms. The average Bonchev–Trinajstić information content (AvgIpc) is 2.06. The maximum atomic E-state index is 12.1. The summed E-state index contributed by atoms with van der Waals surface area (Å²) >= 11 is 3.12. The molecule has 1 rings (SSSR count). The summed E-state index contributed by atoms with van der Waals surface area (Å²) in [5, 5.41) is 0. The van der Waals surface area contributed by atoms with Crippen molar-refractivity contribution in [3.63, 3.8) is 0 Å². The van der Waals surface area contributed by atoms with Crippen LogP contribution in [0.15, 0.2) is 28.7 Å². The topological polar surface area (TPSA) is 9.23 Å². The Morgan fingerprint density at radius 1 is 1.31 bits per heavy atom. The molecule has 0 bridgehead atoms. The number of ether oxygens (including phenoxy) is 1. The summed E-state index contributed by atoms with van der Waals surface area (Å²) in [7, 11) is 0. The van der Waals surface area contributed by atoms with Gasteiger partial charge in [0.1, 0.15) is 5.82 Å². The van der Waals surface area contributed by atoms with Crippen molar-refractivity contribution in [2.45, 2.75) is 13.8 Å². The van der Waals surface area contributed by atoms with E-state index in [4.69, 9.17) is 4.74 Å². The quantitative estimate of drug-likeness (QED) is 0.777. The van der Waals surface area contributed by atoms with Crippen LogP contribution in [0.5, 0.6) is 0 Å². The molecule has 74 valence electrons. The van der Waals surface area contributed by atoms with E-state index < -0.39 is 0 Å². The summed E-state index contributed by atoms with van der Waals surface area (Å²) in [6.45, 7) is 5.67. The van der Waals surface area contributed by atoms with Gasteiger partial charge in [0.25, 0.3) is 0 Å². The number of rotatable bonds is 2. The molecule has 0 spiro atoms. The highest BCUT2D eigenvalue weighted by Gasteiger charge is 1.86. The monoisotopic (exact) mass is 248 g/mol. The van der Waals surface area contributed by atoms with E-state index in [1.54, 1.807) is 12.1 Å². The van der Waals surface area contributed by atoms with Crippen LogP contribution in [0.3, 0.4) is 0 Å². The zero-order chi connectivity index (χ0) is 10.1. The first-order valence-corrected chi connectivity index (χ1v) is 4.98. The standard InChI is InChI=1S/C6H4BrF.C4H10O/c7-5-2-1-3-6(8)4-5;1-3-5-4-2/h1-4H;3-4H2,1-2H3. The van der Waals surface area contributed by atoms with E-state index in [-0.39, 0.29) is 5.82 Å². The Kier molecular flexibility index (Phi) is 7.94. The van der Waals surface area contributed by atoms with Gasteiger partial charge in [-0.2, -0.15) is 0 Å². The van der Waals surface area contributed by atoms with Gasteiger partial charge in [-0.3, -0.25) is 0 Å². The van der Waals surface area contributed by atoms with E-state index in [0.717, 1.165) is 17.7 Å². The molecule has 0 unspecified atom stereocenters. The van der Waals surface area contributed by atoms with Crippen LogP contribution in [0.2, 0.25) is 0 Å². The van der Waals surface area contributed by atoms with Crippen molar-refractivity contribution in [1.29, 1.82) is 0 Å². The predicted octanol–water partition coefficient (Wildman–Crippen LogP) is 3.63. The summed E-state index contributed by atoms with van der Waals surface area (Å²) < 4.78 is 17.7. The fraction of sp³-hybridized carbons (Fsp3) is 0.400. The molecule has 1 aromatic rings. The van der Waals surface area contributed by atoms with Crippen molar-refractivity contribution in [2.75, 3.05) is 13.2 Å². The van der Waals surface area contributed by atoms with E-state index in [1.807, 2.05) is 13.8 Å². The first-order valence-electron chi connectivity index (χ1n) is 4.19. The Bertz CT molecular complexity index is 209. The number of halogens is 2. The summed E-state index contributed by atoms with van der Waals surface area (Å²) in [4.78, 5) is 0. The SMILES string of the molecule is CCOCC.Fc1cccc(Br)c1. The highest BCUT2D eigenvalue weighted by atomic mass is 79.9. The van der Waals surface area contributed by atoms with Gasteiger partial charge in [-0.05, 0) is 32.0 Å². The molecular formula is C10H14BrFO. The molecule has 0 saturated heterocycles. The lowest BCUT2D eigenvalue weighted by atomic mass is 10.4. The summed E-state index contributed by atoms with van der Waals surface area (Å²) in [6, 6.07) is 6.26. The largest absolute Gasteiger partial charge is 0.382 e. The van der Waals surface area contributed by atoms with Crippen LogP contribution < -0.4 is 0 Å². The van der Waals surface area contributed by atoms with Crippen LogP contribution >= 0.6 is 15.9 Å². The fourth-order valence-electron chi connectivity index (χ4n) is 0.664. The highest BCUT2D eigenvalue weighted by Crippen LogP contribution is 2.09. The molecule has 3 heteroatoms. The van der Waals surface area contributed by atoms with Crippen molar-refractivity contribution in [1.82, 2.24) is 0 Å². The number of benzene rings is 1. The Balaban J connectivity index is 0.000000252. The summed E-state index contributed by atoms with van der Waals surface area (Å²) in [5.74, 6) is -0.209. The Hall–Kier alpha value is -0.410. The minimum absolute atomic E-state index is 0.209. The van der Waals surface area contributed by atoms with Crippen LogP contribution in [0.1, 0.15) is 13.8 Å². The normalized spacial score (nSPS) is 8.92. The van der Waals surface area contributed by atoms with E-state index in [9.17, 15) is 4.39 Å². The molecule has 0 aliphatic rings. The first-order chi connectivity index (χ1) is 6.20. The van der Waals surface area contributed by atoms with Gasteiger partial charge in [0.05, 0.1) is 0 Å². The Morgan fingerprint density at radius 2 is 1.92 bits per heavy atom. The molecule has 0 fully saturated rings. The van der Waals surface area contributed by atoms with Crippen LogP contribution in [-0.4, -0.2) is 13.2 Å². The van der Waals surface area contributed by atoms with Crippen LogP contribution in [0, 0.1) is 5.82 Å². The fourth-order valence-corrected chi connectivity index (χ4v) is 1.04.